The van der Waals surface area contributed by atoms with E-state index in [1.54, 1.807) is 0 Å². The lowest BCUT2D eigenvalue weighted by Gasteiger charge is -2.22. The molecular formula is C16H22N4. The summed E-state index contributed by atoms with van der Waals surface area (Å²) >= 11 is 0. The van der Waals surface area contributed by atoms with Gasteiger partial charge in [-0.3, -0.25) is 0 Å². The zero-order chi connectivity index (χ0) is 14.2. The summed E-state index contributed by atoms with van der Waals surface area (Å²) in [4.78, 5) is 6.67. The van der Waals surface area contributed by atoms with Crippen LogP contribution in [0.25, 0.3) is 5.69 Å². The third-order valence-corrected chi connectivity index (χ3v) is 3.90. The van der Waals surface area contributed by atoms with Crippen LogP contribution in [0.15, 0.2) is 36.8 Å². The van der Waals surface area contributed by atoms with E-state index in [2.05, 4.69) is 38.7 Å². The number of aromatic nitrogens is 2. The lowest BCUT2D eigenvalue weighted by Crippen LogP contribution is -2.31. The second-order valence-electron chi connectivity index (χ2n) is 6.08. The number of benzene rings is 1. The molecule has 1 fully saturated rings. The Kier molecular flexibility index (Phi) is 3.26. The molecule has 0 saturated carbocycles. The molecule has 1 aromatic carbocycles. The molecule has 2 aromatic rings. The van der Waals surface area contributed by atoms with Gasteiger partial charge in [-0.05, 0) is 51.0 Å². The van der Waals surface area contributed by atoms with E-state index in [0.29, 0.717) is 0 Å². The first kappa shape index (κ1) is 13.2. The summed E-state index contributed by atoms with van der Waals surface area (Å²) in [6.45, 7) is 6.34. The van der Waals surface area contributed by atoms with Crippen molar-refractivity contribution in [2.45, 2.75) is 32.2 Å². The zero-order valence-corrected chi connectivity index (χ0v) is 12.2. The summed E-state index contributed by atoms with van der Waals surface area (Å²) in [6, 6.07) is 8.66. The minimum Gasteiger partial charge on any atom is -0.372 e. The quantitative estimate of drug-likeness (QED) is 0.932. The molecule has 0 unspecified atom stereocenters. The van der Waals surface area contributed by atoms with Crippen molar-refractivity contribution in [3.05, 3.63) is 42.5 Å². The first-order chi connectivity index (χ1) is 9.55. The maximum absolute atomic E-state index is 6.20. The maximum atomic E-state index is 6.20. The van der Waals surface area contributed by atoms with Crippen LogP contribution in [0.1, 0.15) is 32.4 Å². The fraction of sp³-hybridized carbons (Fsp3) is 0.438. The lowest BCUT2D eigenvalue weighted by atomic mass is 10.0. The molecule has 3 rings (SSSR count). The van der Waals surface area contributed by atoms with Gasteiger partial charge in [-0.2, -0.15) is 0 Å². The van der Waals surface area contributed by atoms with Gasteiger partial charge < -0.3 is 15.2 Å². The van der Waals surface area contributed by atoms with Gasteiger partial charge in [-0.1, -0.05) is 0 Å². The Balaban J connectivity index is 1.90. The molecule has 0 amide bonds. The third kappa shape index (κ3) is 2.43. The number of anilines is 1. The molecule has 2 heterocycles. The highest BCUT2D eigenvalue weighted by Gasteiger charge is 2.20. The zero-order valence-electron chi connectivity index (χ0n) is 12.2. The first-order valence-electron chi connectivity index (χ1n) is 7.23. The molecule has 0 aliphatic carbocycles. The molecule has 1 saturated heterocycles. The summed E-state index contributed by atoms with van der Waals surface area (Å²) < 4.78 is 2.06. The number of imidazole rings is 1. The SMILES string of the molecule is CC(C)(N)c1cncn1-c1ccc(N2CCCC2)cc1. The van der Waals surface area contributed by atoms with E-state index >= 15 is 0 Å². The molecule has 4 heteroatoms. The molecule has 0 atom stereocenters. The Bertz CT molecular complexity index is 571. The lowest BCUT2D eigenvalue weighted by molar-refractivity contribution is 0.524. The van der Waals surface area contributed by atoms with Gasteiger partial charge in [0.2, 0.25) is 0 Å². The van der Waals surface area contributed by atoms with Crippen molar-refractivity contribution in [1.29, 1.82) is 0 Å². The Labute approximate surface area is 120 Å². The van der Waals surface area contributed by atoms with Gasteiger partial charge in [0, 0.05) is 24.5 Å². The minimum atomic E-state index is -0.399. The van der Waals surface area contributed by atoms with Crippen molar-refractivity contribution in [2.24, 2.45) is 5.73 Å². The van der Waals surface area contributed by atoms with Crippen LogP contribution >= 0.6 is 0 Å². The fourth-order valence-corrected chi connectivity index (χ4v) is 2.78. The standard InChI is InChI=1S/C16H22N4/c1-16(2,17)15-11-18-12-20(15)14-7-5-13(6-8-14)19-9-3-4-10-19/h5-8,11-12H,3-4,9-10,17H2,1-2H3. The van der Waals surface area contributed by atoms with Gasteiger partial charge in [-0.15, -0.1) is 0 Å². The van der Waals surface area contributed by atoms with Crippen molar-refractivity contribution in [3.8, 4) is 5.69 Å². The van der Waals surface area contributed by atoms with Crippen LogP contribution in [0.4, 0.5) is 5.69 Å². The molecule has 1 aliphatic heterocycles. The van der Waals surface area contributed by atoms with Crippen molar-refractivity contribution in [1.82, 2.24) is 9.55 Å². The predicted octanol–water partition coefficient (Wildman–Crippen LogP) is 2.67. The van der Waals surface area contributed by atoms with Gasteiger partial charge >= 0.3 is 0 Å². The number of nitrogens with two attached hydrogens (primary N) is 1. The Morgan fingerprint density at radius 1 is 1.05 bits per heavy atom. The Hall–Kier alpha value is -1.81. The van der Waals surface area contributed by atoms with Crippen LogP contribution in [-0.2, 0) is 5.54 Å². The monoisotopic (exact) mass is 270 g/mol. The largest absolute Gasteiger partial charge is 0.372 e. The molecule has 0 spiro atoms. The van der Waals surface area contributed by atoms with E-state index in [9.17, 15) is 0 Å². The van der Waals surface area contributed by atoms with E-state index < -0.39 is 5.54 Å². The third-order valence-electron chi connectivity index (χ3n) is 3.90. The molecule has 1 aliphatic rings. The minimum absolute atomic E-state index is 0.399. The molecule has 106 valence electrons. The Morgan fingerprint density at radius 2 is 1.65 bits per heavy atom. The summed E-state index contributed by atoms with van der Waals surface area (Å²) in [6.07, 6.45) is 6.27. The van der Waals surface area contributed by atoms with Gasteiger partial charge in [0.15, 0.2) is 0 Å². The summed E-state index contributed by atoms with van der Waals surface area (Å²) in [7, 11) is 0. The van der Waals surface area contributed by atoms with E-state index in [4.69, 9.17) is 5.73 Å². The topological polar surface area (TPSA) is 47.1 Å². The molecule has 1 aromatic heterocycles. The van der Waals surface area contributed by atoms with Crippen molar-refractivity contribution in [2.75, 3.05) is 18.0 Å². The molecule has 2 N–H and O–H groups in total. The number of rotatable bonds is 3. The first-order valence-corrected chi connectivity index (χ1v) is 7.23. The highest BCUT2D eigenvalue weighted by Crippen LogP contribution is 2.24. The van der Waals surface area contributed by atoms with Gasteiger partial charge in [0.1, 0.15) is 0 Å². The van der Waals surface area contributed by atoms with Crippen LogP contribution in [0.5, 0.6) is 0 Å². The van der Waals surface area contributed by atoms with Crippen molar-refractivity contribution >= 4 is 5.69 Å². The van der Waals surface area contributed by atoms with Crippen LogP contribution in [0.2, 0.25) is 0 Å². The van der Waals surface area contributed by atoms with E-state index in [1.807, 2.05) is 26.4 Å². The van der Waals surface area contributed by atoms with Gasteiger partial charge in [0.25, 0.3) is 0 Å². The van der Waals surface area contributed by atoms with Crippen LogP contribution in [-0.4, -0.2) is 22.6 Å². The molecule has 4 nitrogen and oxygen atoms in total. The van der Waals surface area contributed by atoms with Crippen molar-refractivity contribution < 1.29 is 0 Å². The normalized spacial score (nSPS) is 15.8. The summed E-state index contributed by atoms with van der Waals surface area (Å²) in [5, 5.41) is 0. The van der Waals surface area contributed by atoms with Crippen LogP contribution in [0, 0.1) is 0 Å². The second kappa shape index (κ2) is 4.94. The summed E-state index contributed by atoms with van der Waals surface area (Å²) in [5.74, 6) is 0. The molecular weight excluding hydrogens is 248 g/mol. The Morgan fingerprint density at radius 3 is 2.25 bits per heavy atom. The fourth-order valence-electron chi connectivity index (χ4n) is 2.78. The van der Waals surface area contributed by atoms with Crippen LogP contribution < -0.4 is 10.6 Å². The van der Waals surface area contributed by atoms with Crippen molar-refractivity contribution in [3.63, 3.8) is 0 Å². The average molecular weight is 270 g/mol. The summed E-state index contributed by atoms with van der Waals surface area (Å²) in [5.41, 5.74) is 9.24. The number of hydrogen-bond acceptors (Lipinski definition) is 3. The van der Waals surface area contributed by atoms with E-state index in [-0.39, 0.29) is 0 Å². The smallest absolute Gasteiger partial charge is 0.0994 e. The molecule has 0 radical (unpaired) electrons. The van der Waals surface area contributed by atoms with E-state index in [0.717, 1.165) is 11.4 Å². The highest BCUT2D eigenvalue weighted by atomic mass is 15.1. The van der Waals surface area contributed by atoms with Gasteiger partial charge in [-0.25, -0.2) is 4.98 Å². The maximum Gasteiger partial charge on any atom is 0.0994 e. The average Bonchev–Trinajstić information content (AvgIpc) is 3.10. The van der Waals surface area contributed by atoms with Gasteiger partial charge in [0.05, 0.1) is 23.8 Å². The number of hydrogen-bond donors (Lipinski definition) is 1. The second-order valence-corrected chi connectivity index (χ2v) is 6.08. The molecule has 20 heavy (non-hydrogen) atoms. The van der Waals surface area contributed by atoms with Crippen LogP contribution in [0.3, 0.4) is 0 Å². The highest BCUT2D eigenvalue weighted by molar-refractivity contribution is 5.52. The van der Waals surface area contributed by atoms with E-state index in [1.165, 1.54) is 31.6 Å². The number of nitrogens with zero attached hydrogens (tertiary/aromatic N) is 3. The molecule has 0 bridgehead atoms. The predicted molar refractivity (Wildman–Crippen MR) is 82.2 cm³/mol.